The minimum Gasteiger partial charge on any atom is -0.458 e. The third-order valence-electron chi connectivity index (χ3n) is 2.16. The molecule has 1 fully saturated rings. The number of carbonyl (C=O) groups excluding carboxylic acids is 1. The highest BCUT2D eigenvalue weighted by Gasteiger charge is 2.18. The van der Waals surface area contributed by atoms with E-state index in [0.29, 0.717) is 12.5 Å². The van der Waals surface area contributed by atoms with Crippen LogP contribution in [0, 0.1) is 5.92 Å². The zero-order chi connectivity index (χ0) is 11.3. The Hall–Kier alpha value is -0.610. The number of carbonyl (C=O) groups is 1. The molecule has 1 unspecified atom stereocenters. The molecular formula is C11H21NO3. The molecule has 0 amide bonds. The van der Waals surface area contributed by atoms with Crippen LogP contribution in [0.25, 0.3) is 0 Å². The average Bonchev–Trinajstić information content (AvgIpc) is 2.53. The molecule has 0 bridgehead atoms. The molecule has 1 atom stereocenters. The molecular weight excluding hydrogens is 194 g/mol. The van der Waals surface area contributed by atoms with E-state index in [9.17, 15) is 4.79 Å². The molecule has 1 aliphatic heterocycles. The van der Waals surface area contributed by atoms with Gasteiger partial charge in [-0.3, -0.25) is 0 Å². The van der Waals surface area contributed by atoms with Crippen LogP contribution in [0.1, 0.15) is 27.2 Å². The van der Waals surface area contributed by atoms with Gasteiger partial charge in [0.2, 0.25) is 0 Å². The van der Waals surface area contributed by atoms with E-state index in [4.69, 9.17) is 9.47 Å². The molecule has 1 rings (SSSR count). The second-order valence-corrected chi connectivity index (χ2v) is 4.96. The first kappa shape index (κ1) is 12.5. The van der Waals surface area contributed by atoms with E-state index >= 15 is 0 Å². The molecule has 1 aliphatic rings. The zero-order valence-corrected chi connectivity index (χ0v) is 9.84. The summed E-state index contributed by atoms with van der Waals surface area (Å²) in [6.07, 6.45) is 1.13. The summed E-state index contributed by atoms with van der Waals surface area (Å²) < 4.78 is 10.4. The van der Waals surface area contributed by atoms with Gasteiger partial charge in [0.15, 0.2) is 0 Å². The van der Waals surface area contributed by atoms with Crippen molar-refractivity contribution in [3.8, 4) is 0 Å². The molecule has 1 heterocycles. The number of nitrogens with one attached hydrogen (secondary N) is 1. The van der Waals surface area contributed by atoms with Gasteiger partial charge in [0.1, 0.15) is 12.2 Å². The predicted octanol–water partition coefficient (Wildman–Crippen LogP) is 0.954. The Morgan fingerprint density at radius 2 is 2.20 bits per heavy atom. The number of hydrogen-bond donors (Lipinski definition) is 1. The molecule has 0 aliphatic carbocycles. The van der Waals surface area contributed by atoms with Gasteiger partial charge < -0.3 is 14.8 Å². The van der Waals surface area contributed by atoms with Crippen molar-refractivity contribution in [2.75, 3.05) is 26.3 Å². The Labute approximate surface area is 91.3 Å². The second-order valence-electron chi connectivity index (χ2n) is 4.96. The maximum Gasteiger partial charge on any atom is 0.332 e. The first-order valence-corrected chi connectivity index (χ1v) is 5.48. The molecule has 0 aromatic rings. The summed E-state index contributed by atoms with van der Waals surface area (Å²) in [4.78, 5) is 11.3. The van der Waals surface area contributed by atoms with Crippen molar-refractivity contribution < 1.29 is 14.3 Å². The minimum atomic E-state index is -0.421. The van der Waals surface area contributed by atoms with E-state index in [2.05, 4.69) is 5.32 Å². The molecule has 0 radical (unpaired) electrons. The van der Waals surface area contributed by atoms with Gasteiger partial charge >= 0.3 is 5.97 Å². The van der Waals surface area contributed by atoms with E-state index < -0.39 is 5.60 Å². The highest BCUT2D eigenvalue weighted by Crippen LogP contribution is 2.09. The fourth-order valence-corrected chi connectivity index (χ4v) is 1.54. The number of rotatable bonds is 4. The van der Waals surface area contributed by atoms with Gasteiger partial charge in [0.25, 0.3) is 0 Å². The molecule has 0 saturated carbocycles. The van der Waals surface area contributed by atoms with Crippen molar-refractivity contribution in [2.24, 2.45) is 5.92 Å². The zero-order valence-electron chi connectivity index (χ0n) is 9.84. The molecule has 0 aromatic heterocycles. The summed E-state index contributed by atoms with van der Waals surface area (Å²) in [5.41, 5.74) is -0.421. The Balaban J connectivity index is 2.06. The topological polar surface area (TPSA) is 47.6 Å². The van der Waals surface area contributed by atoms with E-state index in [1.54, 1.807) is 0 Å². The largest absolute Gasteiger partial charge is 0.458 e. The number of hydrogen-bond acceptors (Lipinski definition) is 4. The summed E-state index contributed by atoms with van der Waals surface area (Å²) in [5.74, 6) is 0.265. The van der Waals surface area contributed by atoms with Crippen LogP contribution in [0.3, 0.4) is 0 Å². The SMILES string of the molecule is CC(C)(C)OC(=O)COCC1CCNC1. The van der Waals surface area contributed by atoms with E-state index in [1.807, 2.05) is 20.8 Å². The van der Waals surface area contributed by atoms with Crippen molar-refractivity contribution in [2.45, 2.75) is 32.8 Å². The summed E-state index contributed by atoms with van der Waals surface area (Å²) >= 11 is 0. The maximum atomic E-state index is 11.3. The summed E-state index contributed by atoms with van der Waals surface area (Å²) in [6.45, 7) is 8.32. The van der Waals surface area contributed by atoms with Crippen molar-refractivity contribution in [3.63, 3.8) is 0 Å². The van der Waals surface area contributed by atoms with Crippen molar-refractivity contribution >= 4 is 5.97 Å². The predicted molar refractivity (Wildman–Crippen MR) is 57.6 cm³/mol. The smallest absolute Gasteiger partial charge is 0.332 e. The standard InChI is InChI=1S/C11H21NO3/c1-11(2,3)15-10(13)8-14-7-9-4-5-12-6-9/h9,12H,4-8H2,1-3H3. The molecule has 1 N–H and O–H groups in total. The third kappa shape index (κ3) is 5.74. The Morgan fingerprint density at radius 3 is 2.73 bits per heavy atom. The highest BCUT2D eigenvalue weighted by molar-refractivity contribution is 5.71. The van der Waals surface area contributed by atoms with Crippen LogP contribution < -0.4 is 5.32 Å². The normalized spacial score (nSPS) is 21.7. The van der Waals surface area contributed by atoms with E-state index in [0.717, 1.165) is 19.5 Å². The van der Waals surface area contributed by atoms with Crippen LogP contribution in [-0.4, -0.2) is 37.9 Å². The molecule has 4 nitrogen and oxygen atoms in total. The lowest BCUT2D eigenvalue weighted by Gasteiger charge is -2.19. The second kappa shape index (κ2) is 5.47. The van der Waals surface area contributed by atoms with Crippen LogP contribution in [0.5, 0.6) is 0 Å². The monoisotopic (exact) mass is 215 g/mol. The quantitative estimate of drug-likeness (QED) is 0.709. The summed E-state index contributed by atoms with van der Waals surface area (Å²) in [6, 6.07) is 0. The first-order valence-electron chi connectivity index (χ1n) is 5.48. The molecule has 4 heteroatoms. The molecule has 0 spiro atoms. The van der Waals surface area contributed by atoms with Crippen LogP contribution >= 0.6 is 0 Å². The fraction of sp³-hybridized carbons (Fsp3) is 0.909. The third-order valence-corrected chi connectivity index (χ3v) is 2.16. The molecule has 0 aromatic carbocycles. The van der Waals surface area contributed by atoms with E-state index in [1.165, 1.54) is 0 Å². The van der Waals surface area contributed by atoms with Gasteiger partial charge in [-0.05, 0) is 39.7 Å². The number of esters is 1. The Morgan fingerprint density at radius 1 is 1.47 bits per heavy atom. The van der Waals surface area contributed by atoms with Gasteiger partial charge in [-0.15, -0.1) is 0 Å². The van der Waals surface area contributed by atoms with Crippen LogP contribution in [0.15, 0.2) is 0 Å². The minimum absolute atomic E-state index is 0.0633. The van der Waals surface area contributed by atoms with Crippen molar-refractivity contribution in [1.29, 1.82) is 0 Å². The van der Waals surface area contributed by atoms with Gasteiger partial charge in [0, 0.05) is 6.54 Å². The van der Waals surface area contributed by atoms with E-state index in [-0.39, 0.29) is 12.6 Å². The van der Waals surface area contributed by atoms with Crippen LogP contribution in [-0.2, 0) is 14.3 Å². The lowest BCUT2D eigenvalue weighted by molar-refractivity contribution is -0.160. The van der Waals surface area contributed by atoms with Crippen LogP contribution in [0.4, 0.5) is 0 Å². The Bertz CT molecular complexity index is 204. The van der Waals surface area contributed by atoms with Gasteiger partial charge in [-0.25, -0.2) is 4.79 Å². The summed E-state index contributed by atoms with van der Waals surface area (Å²) in [7, 11) is 0. The van der Waals surface area contributed by atoms with Crippen molar-refractivity contribution in [1.82, 2.24) is 5.32 Å². The van der Waals surface area contributed by atoms with Gasteiger partial charge in [0.05, 0.1) is 6.61 Å². The lowest BCUT2D eigenvalue weighted by atomic mass is 10.1. The fourth-order valence-electron chi connectivity index (χ4n) is 1.54. The molecule has 1 saturated heterocycles. The lowest BCUT2D eigenvalue weighted by Crippen LogP contribution is -2.27. The average molecular weight is 215 g/mol. The highest BCUT2D eigenvalue weighted by atomic mass is 16.6. The first-order chi connectivity index (χ1) is 6.97. The Kier molecular flexibility index (Phi) is 4.54. The van der Waals surface area contributed by atoms with Gasteiger partial charge in [-0.1, -0.05) is 0 Å². The van der Waals surface area contributed by atoms with Crippen LogP contribution in [0.2, 0.25) is 0 Å². The summed E-state index contributed by atoms with van der Waals surface area (Å²) in [5, 5.41) is 3.25. The molecule has 88 valence electrons. The number of ether oxygens (including phenoxy) is 2. The van der Waals surface area contributed by atoms with Crippen molar-refractivity contribution in [3.05, 3.63) is 0 Å². The maximum absolute atomic E-state index is 11.3. The van der Waals surface area contributed by atoms with Gasteiger partial charge in [-0.2, -0.15) is 0 Å². The molecule has 15 heavy (non-hydrogen) atoms.